The van der Waals surface area contributed by atoms with Crippen LogP contribution < -0.4 is 10.5 Å². The van der Waals surface area contributed by atoms with Crippen molar-refractivity contribution in [1.29, 1.82) is 0 Å². The maximum Gasteiger partial charge on any atom is 0.416 e. The number of imidazole rings is 1. The molecule has 2 aromatic carbocycles. The Bertz CT molecular complexity index is 983. The summed E-state index contributed by atoms with van der Waals surface area (Å²) < 4.78 is 56.3. The number of nitrogens with zero attached hydrogens (tertiary/aromatic N) is 1. The van der Waals surface area contributed by atoms with Crippen molar-refractivity contribution in [1.82, 2.24) is 9.97 Å². The molecule has 0 fully saturated rings. The molecule has 5 nitrogen and oxygen atoms in total. The van der Waals surface area contributed by atoms with Crippen LogP contribution in [0.15, 0.2) is 40.4 Å². The van der Waals surface area contributed by atoms with Gasteiger partial charge in [0, 0.05) is 0 Å². The van der Waals surface area contributed by atoms with Crippen molar-refractivity contribution >= 4 is 27.5 Å². The van der Waals surface area contributed by atoms with Gasteiger partial charge in [-0.2, -0.15) is 13.2 Å². The van der Waals surface area contributed by atoms with Crippen molar-refractivity contribution < 1.29 is 22.1 Å². The number of H-pyrrole nitrogens is 1. The Hall–Kier alpha value is -2.55. The maximum atomic E-state index is 12.8. The molecule has 0 aliphatic carbocycles. The number of rotatable bonds is 3. The lowest BCUT2D eigenvalue weighted by Crippen LogP contribution is -2.04. The number of hydrogen-bond donors (Lipinski definition) is 2. The van der Waals surface area contributed by atoms with Gasteiger partial charge in [-0.1, -0.05) is 0 Å². The molecule has 0 aliphatic heterocycles. The van der Waals surface area contributed by atoms with E-state index >= 15 is 0 Å². The van der Waals surface area contributed by atoms with Crippen LogP contribution in [0, 0.1) is 6.92 Å². The smallest absolute Gasteiger partial charge is 0.416 e. The van der Waals surface area contributed by atoms with Crippen molar-refractivity contribution in [2.75, 3.05) is 12.8 Å². The van der Waals surface area contributed by atoms with E-state index in [1.807, 2.05) is 0 Å². The number of alkyl halides is 3. The summed E-state index contributed by atoms with van der Waals surface area (Å²) in [6.07, 6.45) is -4.46. The molecule has 0 aliphatic rings. The highest BCUT2D eigenvalue weighted by atomic mass is 32.2. The summed E-state index contributed by atoms with van der Waals surface area (Å²) in [4.78, 5) is 7.24. The topological polar surface area (TPSA) is 81.0 Å². The molecule has 3 N–H and O–H groups in total. The minimum Gasteiger partial charge on any atom is -0.495 e. The van der Waals surface area contributed by atoms with Gasteiger partial charge in [-0.05, 0) is 42.8 Å². The average Bonchev–Trinajstić information content (AvgIpc) is 2.99. The quantitative estimate of drug-likeness (QED) is 0.691. The Labute approximate surface area is 143 Å². The van der Waals surface area contributed by atoms with Crippen LogP contribution in [0.3, 0.4) is 0 Å². The van der Waals surface area contributed by atoms with Crippen LogP contribution in [0.5, 0.6) is 5.75 Å². The lowest BCUT2D eigenvalue weighted by atomic mass is 10.2. The molecule has 0 saturated carbocycles. The molecule has 0 spiro atoms. The van der Waals surface area contributed by atoms with Gasteiger partial charge in [0.05, 0.1) is 34.3 Å². The molecule has 25 heavy (non-hydrogen) atoms. The van der Waals surface area contributed by atoms with Gasteiger partial charge in [-0.25, -0.2) is 9.19 Å². The molecule has 9 heteroatoms. The standard InChI is InChI=1S/C16H14F3N3O2S/c1-8-13(6-5-12(24-2)14(8)20)25(23)15-21-10-4-3-9(16(17,18)19)7-11(10)22-15/h3-7H,20H2,1-2H3,(H,21,22). The number of anilines is 1. The normalized spacial score (nSPS) is 13.2. The Balaban J connectivity index is 2.05. The number of aromatic nitrogens is 2. The van der Waals surface area contributed by atoms with Crippen LogP contribution in [0.4, 0.5) is 18.9 Å². The molecule has 1 heterocycles. The van der Waals surface area contributed by atoms with Crippen LogP contribution in [-0.2, 0) is 17.0 Å². The highest BCUT2D eigenvalue weighted by Gasteiger charge is 2.31. The van der Waals surface area contributed by atoms with Crippen molar-refractivity contribution in [3.63, 3.8) is 0 Å². The summed E-state index contributed by atoms with van der Waals surface area (Å²) in [5, 5.41) is 0.0574. The van der Waals surface area contributed by atoms with Crippen molar-refractivity contribution in [3.8, 4) is 5.75 Å². The van der Waals surface area contributed by atoms with Gasteiger partial charge >= 0.3 is 6.18 Å². The minimum atomic E-state index is -4.46. The van der Waals surface area contributed by atoms with E-state index in [9.17, 15) is 17.4 Å². The Morgan fingerprint density at radius 3 is 2.60 bits per heavy atom. The summed E-state index contributed by atoms with van der Waals surface area (Å²) in [6, 6.07) is 6.30. The van der Waals surface area contributed by atoms with Crippen LogP contribution in [0.1, 0.15) is 11.1 Å². The fourth-order valence-electron chi connectivity index (χ4n) is 2.42. The summed E-state index contributed by atoms with van der Waals surface area (Å²) in [6.45, 7) is 1.69. The zero-order valence-electron chi connectivity index (χ0n) is 13.3. The first-order valence-electron chi connectivity index (χ1n) is 7.14. The zero-order valence-corrected chi connectivity index (χ0v) is 14.1. The molecule has 3 rings (SSSR count). The predicted octanol–water partition coefficient (Wildman–Crippen LogP) is 3.65. The summed E-state index contributed by atoms with van der Waals surface area (Å²) in [7, 11) is -0.251. The number of nitrogens with two attached hydrogens (primary N) is 1. The molecule has 1 aromatic heterocycles. The number of methoxy groups -OCH3 is 1. The van der Waals surface area contributed by atoms with Crippen molar-refractivity contribution in [2.24, 2.45) is 0 Å². The molecule has 0 saturated heterocycles. The second-order valence-corrected chi connectivity index (χ2v) is 6.71. The molecule has 3 aromatic rings. The van der Waals surface area contributed by atoms with Gasteiger partial charge in [0.15, 0.2) is 0 Å². The lowest BCUT2D eigenvalue weighted by molar-refractivity contribution is -0.137. The van der Waals surface area contributed by atoms with Crippen LogP contribution in [0.25, 0.3) is 11.0 Å². The third-order valence-electron chi connectivity index (χ3n) is 3.81. The highest BCUT2D eigenvalue weighted by Crippen LogP contribution is 2.33. The second-order valence-electron chi connectivity index (χ2n) is 5.35. The largest absolute Gasteiger partial charge is 0.495 e. The van der Waals surface area contributed by atoms with Crippen LogP contribution in [-0.4, -0.2) is 21.3 Å². The highest BCUT2D eigenvalue weighted by molar-refractivity contribution is 7.85. The molecule has 1 atom stereocenters. The van der Waals surface area contributed by atoms with Gasteiger partial charge in [0.1, 0.15) is 16.5 Å². The number of nitrogen functional groups attached to an aromatic ring is 1. The number of benzene rings is 2. The summed E-state index contributed by atoms with van der Waals surface area (Å²) >= 11 is 0. The van der Waals surface area contributed by atoms with Gasteiger partial charge in [-0.15, -0.1) is 0 Å². The predicted molar refractivity (Wildman–Crippen MR) is 87.9 cm³/mol. The molecular weight excluding hydrogens is 355 g/mol. The number of hydrogen-bond acceptors (Lipinski definition) is 4. The van der Waals surface area contributed by atoms with Crippen LogP contribution >= 0.6 is 0 Å². The van der Waals surface area contributed by atoms with Crippen molar-refractivity contribution in [3.05, 3.63) is 41.5 Å². The van der Waals surface area contributed by atoms with Crippen molar-refractivity contribution in [2.45, 2.75) is 23.2 Å². The SMILES string of the molecule is COc1ccc(S(=O)c2nc3ccc(C(F)(F)F)cc3[nH]2)c(C)c1N. The molecule has 132 valence electrons. The average molecular weight is 369 g/mol. The van der Waals surface area contributed by atoms with E-state index in [1.165, 1.54) is 13.2 Å². The first-order valence-corrected chi connectivity index (χ1v) is 8.29. The molecule has 0 bridgehead atoms. The lowest BCUT2D eigenvalue weighted by Gasteiger charge is -2.10. The Morgan fingerprint density at radius 2 is 1.96 bits per heavy atom. The van der Waals surface area contributed by atoms with Gasteiger partial charge in [0.25, 0.3) is 0 Å². The monoisotopic (exact) mass is 369 g/mol. The molecule has 0 amide bonds. The van der Waals surface area contributed by atoms with Gasteiger partial charge in [0.2, 0.25) is 5.16 Å². The third-order valence-corrected chi connectivity index (χ3v) is 5.19. The first-order chi connectivity index (χ1) is 11.7. The Kier molecular flexibility index (Phi) is 4.19. The minimum absolute atomic E-state index is 0.0574. The number of fused-ring (bicyclic) bond motifs is 1. The maximum absolute atomic E-state index is 12.8. The fourth-order valence-corrected chi connectivity index (χ4v) is 3.59. The molecule has 1 unspecified atom stereocenters. The van der Waals surface area contributed by atoms with E-state index in [0.717, 1.165) is 12.1 Å². The fraction of sp³-hybridized carbons (Fsp3) is 0.188. The van der Waals surface area contributed by atoms with E-state index < -0.39 is 22.5 Å². The number of ether oxygens (including phenoxy) is 1. The first kappa shape index (κ1) is 17.3. The van der Waals surface area contributed by atoms with E-state index in [-0.39, 0.29) is 10.7 Å². The third kappa shape index (κ3) is 3.07. The van der Waals surface area contributed by atoms with E-state index in [1.54, 1.807) is 19.1 Å². The Morgan fingerprint density at radius 1 is 1.24 bits per heavy atom. The number of aromatic amines is 1. The van der Waals surface area contributed by atoms with Crippen LogP contribution in [0.2, 0.25) is 0 Å². The van der Waals surface area contributed by atoms with Gasteiger partial charge < -0.3 is 15.5 Å². The zero-order chi connectivity index (χ0) is 18.4. The van der Waals surface area contributed by atoms with E-state index in [2.05, 4.69) is 9.97 Å². The summed E-state index contributed by atoms with van der Waals surface area (Å²) in [5.41, 5.74) is 6.52. The number of halogens is 3. The number of nitrogens with one attached hydrogen (secondary N) is 1. The summed E-state index contributed by atoms with van der Waals surface area (Å²) in [5.74, 6) is 0.456. The molecular formula is C16H14F3N3O2S. The molecule has 0 radical (unpaired) electrons. The second kappa shape index (κ2) is 6.07. The van der Waals surface area contributed by atoms with Gasteiger partial charge in [-0.3, -0.25) is 0 Å². The van der Waals surface area contributed by atoms with E-state index in [4.69, 9.17) is 10.5 Å². The van der Waals surface area contributed by atoms with E-state index in [0.29, 0.717) is 27.4 Å².